The monoisotopic (exact) mass is 406 g/mol. The van der Waals surface area contributed by atoms with Crippen LogP contribution in [-0.2, 0) is 21.4 Å². The Morgan fingerprint density at radius 1 is 0.963 bits per heavy atom. The molecule has 1 saturated heterocycles. The number of ether oxygens (including phenoxy) is 2. The number of hydrogen-bond donors (Lipinski definition) is 0. The van der Waals surface area contributed by atoms with E-state index in [4.69, 9.17) is 9.47 Å². The zero-order chi connectivity index (χ0) is 19.7. The van der Waals surface area contributed by atoms with Crippen LogP contribution in [0, 0.1) is 0 Å². The van der Waals surface area contributed by atoms with E-state index >= 15 is 0 Å². The Morgan fingerprint density at radius 2 is 1.52 bits per heavy atom. The summed E-state index contributed by atoms with van der Waals surface area (Å²) >= 11 is 0. The minimum atomic E-state index is -5.12. The van der Waals surface area contributed by atoms with Gasteiger partial charge in [0.1, 0.15) is 12.3 Å². The van der Waals surface area contributed by atoms with Crippen LogP contribution in [-0.4, -0.2) is 47.7 Å². The molecule has 6 atom stereocenters. The van der Waals surface area contributed by atoms with Crippen molar-refractivity contribution in [1.29, 1.82) is 0 Å². The van der Waals surface area contributed by atoms with Gasteiger partial charge in [0, 0.05) is 12.8 Å². The molecule has 4 rings (SSSR count). The summed E-state index contributed by atoms with van der Waals surface area (Å²) in [7, 11) is 0. The normalized spacial score (nSPS) is 38.5. The summed E-state index contributed by atoms with van der Waals surface area (Å²) in [5.41, 5.74) is -3.44. The second-order valence-electron chi connectivity index (χ2n) is 6.82. The van der Waals surface area contributed by atoms with Gasteiger partial charge in [-0.05, 0) is 0 Å². The third-order valence-electron chi connectivity index (χ3n) is 5.19. The third-order valence-corrected chi connectivity index (χ3v) is 5.19. The van der Waals surface area contributed by atoms with E-state index in [2.05, 4.69) is 5.10 Å². The molecular weight excluding hydrogens is 392 g/mol. The molecule has 2 aliphatic carbocycles. The molecule has 0 radical (unpaired) electrons. The van der Waals surface area contributed by atoms with Gasteiger partial charge in [0.25, 0.3) is 0 Å². The van der Waals surface area contributed by atoms with Crippen molar-refractivity contribution in [1.82, 2.24) is 9.78 Å². The van der Waals surface area contributed by atoms with Crippen LogP contribution in [0.1, 0.15) is 42.0 Å². The van der Waals surface area contributed by atoms with Gasteiger partial charge in [-0.15, -0.1) is 0 Å². The van der Waals surface area contributed by atoms with E-state index in [0.717, 1.165) is 0 Å². The lowest BCUT2D eigenvalue weighted by atomic mass is 9.90. The Bertz CT molecular complexity index is 720. The maximum absolute atomic E-state index is 14.7. The molecule has 2 fully saturated rings. The lowest BCUT2D eigenvalue weighted by Crippen LogP contribution is -2.39. The molecule has 3 aliphatic rings. The van der Waals surface area contributed by atoms with Crippen LogP contribution in [0.4, 0.5) is 35.1 Å². The zero-order valence-electron chi connectivity index (χ0n) is 13.5. The first kappa shape index (κ1) is 18.9. The summed E-state index contributed by atoms with van der Waals surface area (Å²) in [6, 6.07) is -1.41. The quantitative estimate of drug-likeness (QED) is 0.666. The van der Waals surface area contributed by atoms with Crippen molar-refractivity contribution < 1.29 is 44.6 Å². The number of nitrogens with zero attached hydrogens (tertiary/aromatic N) is 2. The average Bonchev–Trinajstić information content (AvgIpc) is 3.26. The van der Waals surface area contributed by atoms with E-state index in [0.29, 0.717) is 4.68 Å². The summed E-state index contributed by atoms with van der Waals surface area (Å²) in [5, 5.41) is 3.29. The fourth-order valence-electron chi connectivity index (χ4n) is 4.04. The molecule has 1 aromatic rings. The SMILES string of the molecule is FC1[C@H](F)CC(n2nc(C(F)(F)F)c3c2[C@@H](F)[C@@H](F)C32OCCO2)C[C@@H]1F. The first-order chi connectivity index (χ1) is 12.6. The first-order valence-electron chi connectivity index (χ1n) is 8.26. The van der Waals surface area contributed by atoms with Crippen LogP contribution >= 0.6 is 0 Å². The Hall–Kier alpha value is -1.43. The maximum Gasteiger partial charge on any atom is 0.435 e. The third kappa shape index (κ3) is 2.59. The van der Waals surface area contributed by atoms with E-state index in [1.807, 2.05) is 0 Å². The second kappa shape index (κ2) is 6.03. The van der Waals surface area contributed by atoms with Gasteiger partial charge < -0.3 is 9.47 Å². The summed E-state index contributed by atoms with van der Waals surface area (Å²) < 4.78 is 121. The Morgan fingerprint density at radius 3 is 2.04 bits per heavy atom. The molecule has 1 aliphatic heterocycles. The molecule has 1 aromatic heterocycles. The fraction of sp³-hybridized carbons (Fsp3) is 0.800. The van der Waals surface area contributed by atoms with Gasteiger partial charge in [-0.1, -0.05) is 0 Å². The number of rotatable bonds is 1. The van der Waals surface area contributed by atoms with Crippen molar-refractivity contribution in [2.24, 2.45) is 0 Å². The minimum absolute atomic E-state index is 0.263. The summed E-state index contributed by atoms with van der Waals surface area (Å²) in [6.45, 7) is -0.526. The Balaban J connectivity index is 1.87. The molecule has 1 saturated carbocycles. The van der Waals surface area contributed by atoms with Gasteiger partial charge in [-0.2, -0.15) is 18.3 Å². The molecule has 152 valence electrons. The van der Waals surface area contributed by atoms with Crippen LogP contribution < -0.4 is 0 Å². The van der Waals surface area contributed by atoms with E-state index in [1.54, 1.807) is 0 Å². The molecule has 27 heavy (non-hydrogen) atoms. The minimum Gasteiger partial charge on any atom is -0.341 e. The molecule has 0 aromatic carbocycles. The summed E-state index contributed by atoms with van der Waals surface area (Å²) in [6.07, 6.45) is -18.8. The highest BCUT2D eigenvalue weighted by atomic mass is 19.4. The molecule has 2 unspecified atom stereocenters. The predicted octanol–water partition coefficient (Wildman–Crippen LogP) is 3.81. The van der Waals surface area contributed by atoms with Crippen molar-refractivity contribution >= 4 is 0 Å². The first-order valence-corrected chi connectivity index (χ1v) is 8.26. The van der Waals surface area contributed by atoms with Gasteiger partial charge in [0.15, 0.2) is 24.2 Å². The van der Waals surface area contributed by atoms with Crippen molar-refractivity contribution in [2.75, 3.05) is 13.2 Å². The van der Waals surface area contributed by atoms with E-state index < -0.39 is 78.7 Å². The summed E-state index contributed by atoms with van der Waals surface area (Å²) in [4.78, 5) is 0. The van der Waals surface area contributed by atoms with Crippen molar-refractivity contribution in [3.8, 4) is 0 Å². The zero-order valence-corrected chi connectivity index (χ0v) is 13.5. The average molecular weight is 406 g/mol. The highest BCUT2D eigenvalue weighted by Crippen LogP contribution is 2.56. The molecule has 0 N–H and O–H groups in total. The number of halogens is 8. The molecule has 0 amide bonds. The largest absolute Gasteiger partial charge is 0.435 e. The van der Waals surface area contributed by atoms with Gasteiger partial charge in [0.2, 0.25) is 5.79 Å². The molecule has 4 nitrogen and oxygen atoms in total. The van der Waals surface area contributed by atoms with Crippen molar-refractivity contribution in [3.63, 3.8) is 0 Å². The highest BCUT2D eigenvalue weighted by molar-refractivity contribution is 5.42. The van der Waals surface area contributed by atoms with Gasteiger partial charge in [-0.25, -0.2) is 22.0 Å². The van der Waals surface area contributed by atoms with Gasteiger partial charge >= 0.3 is 6.18 Å². The van der Waals surface area contributed by atoms with E-state index in [9.17, 15) is 35.1 Å². The standard InChI is InChI=1S/C15H14F8N2O2/c16-6-3-5(4-7(17)9(6)18)25-11-8(13(24-25)15(21,22)23)14(12(20)10(11)19)26-1-2-27-14/h5-7,9-10,12H,1-4H2/t5?,6-,7+,9?,10-,12-/m1/s1. The van der Waals surface area contributed by atoms with E-state index in [1.165, 1.54) is 0 Å². The van der Waals surface area contributed by atoms with E-state index in [-0.39, 0.29) is 13.2 Å². The Labute approximate surface area is 147 Å². The lowest BCUT2D eigenvalue weighted by molar-refractivity contribution is -0.217. The topological polar surface area (TPSA) is 36.3 Å². The van der Waals surface area contributed by atoms with Crippen molar-refractivity contribution in [3.05, 3.63) is 17.0 Å². The van der Waals surface area contributed by atoms with Crippen LogP contribution in [0.3, 0.4) is 0 Å². The van der Waals surface area contributed by atoms with Crippen LogP contribution in [0.2, 0.25) is 0 Å². The number of hydrogen-bond acceptors (Lipinski definition) is 3. The van der Waals surface area contributed by atoms with Crippen LogP contribution in [0.5, 0.6) is 0 Å². The lowest BCUT2D eigenvalue weighted by Gasteiger charge is -2.31. The summed E-state index contributed by atoms with van der Waals surface area (Å²) in [5.74, 6) is -2.61. The van der Waals surface area contributed by atoms with Crippen molar-refractivity contribution in [2.45, 2.75) is 61.7 Å². The molecule has 1 spiro atoms. The molecule has 0 bridgehead atoms. The fourth-order valence-corrected chi connectivity index (χ4v) is 4.04. The number of alkyl halides is 8. The molecule has 2 heterocycles. The molecule has 12 heteroatoms. The second-order valence-corrected chi connectivity index (χ2v) is 6.82. The van der Waals surface area contributed by atoms with Gasteiger partial charge in [-0.3, -0.25) is 4.68 Å². The van der Waals surface area contributed by atoms with Crippen LogP contribution in [0.15, 0.2) is 0 Å². The number of aromatic nitrogens is 2. The smallest absolute Gasteiger partial charge is 0.341 e. The predicted molar refractivity (Wildman–Crippen MR) is 72.5 cm³/mol. The maximum atomic E-state index is 14.7. The van der Waals surface area contributed by atoms with Gasteiger partial charge in [0.05, 0.1) is 30.5 Å². The molecular formula is C15H14F8N2O2. The number of fused-ring (bicyclic) bond motifs is 2. The highest BCUT2D eigenvalue weighted by Gasteiger charge is 2.65. The van der Waals surface area contributed by atoms with Crippen LogP contribution in [0.25, 0.3) is 0 Å². The Kier molecular flexibility index (Phi) is 4.22.